The maximum atomic E-state index is 13.5. The van der Waals surface area contributed by atoms with E-state index in [0.29, 0.717) is 5.52 Å². The number of sulfonamides is 1. The van der Waals surface area contributed by atoms with Gasteiger partial charge in [0.05, 0.1) is 0 Å². The van der Waals surface area contributed by atoms with Crippen LogP contribution in [0.1, 0.15) is 11.1 Å². The van der Waals surface area contributed by atoms with Crippen molar-refractivity contribution in [2.45, 2.75) is 18.0 Å². The van der Waals surface area contributed by atoms with Crippen LogP contribution in [-0.4, -0.2) is 23.0 Å². The van der Waals surface area contributed by atoms with Crippen molar-refractivity contribution >= 4 is 21.1 Å². The summed E-state index contributed by atoms with van der Waals surface area (Å²) < 4.78 is 33.1. The molecule has 0 saturated heterocycles. The van der Waals surface area contributed by atoms with Crippen molar-refractivity contribution in [3.8, 4) is 0 Å². The Hall–Kier alpha value is -3.03. The fourth-order valence-corrected chi connectivity index (χ4v) is 4.48. The number of aromatic nitrogens is 2. The molecule has 1 aromatic heterocycles. The van der Waals surface area contributed by atoms with E-state index in [1.807, 2.05) is 60.7 Å². The lowest BCUT2D eigenvalue weighted by molar-refractivity contribution is 0.315. The number of hydrogen-bond acceptors (Lipinski definition) is 5. The highest BCUT2D eigenvalue weighted by Crippen LogP contribution is 2.26. The Labute approximate surface area is 157 Å². The molecule has 0 aliphatic heterocycles. The molecule has 0 unspecified atom stereocenters. The van der Waals surface area contributed by atoms with Crippen molar-refractivity contribution in [2.24, 2.45) is 0 Å². The van der Waals surface area contributed by atoms with Gasteiger partial charge < -0.3 is 0 Å². The first-order valence-corrected chi connectivity index (χ1v) is 9.88. The lowest BCUT2D eigenvalue weighted by Gasteiger charge is -2.22. The highest BCUT2D eigenvalue weighted by molar-refractivity contribution is 7.89. The first-order valence-electron chi connectivity index (χ1n) is 8.44. The maximum absolute atomic E-state index is 13.5. The zero-order valence-corrected chi connectivity index (χ0v) is 15.2. The Morgan fingerprint density at radius 3 is 1.93 bits per heavy atom. The average Bonchev–Trinajstić information content (AvgIpc) is 3.18. The molecule has 0 aliphatic carbocycles. The van der Waals surface area contributed by atoms with Gasteiger partial charge in [-0.2, -0.15) is 4.31 Å². The van der Waals surface area contributed by atoms with Crippen LogP contribution in [0.3, 0.4) is 0 Å². The number of hydrogen-bond donors (Lipinski definition) is 0. The first kappa shape index (κ1) is 17.4. The second-order valence-electron chi connectivity index (χ2n) is 6.13. The van der Waals surface area contributed by atoms with E-state index in [0.717, 1.165) is 11.1 Å². The van der Waals surface area contributed by atoms with Gasteiger partial charge in [-0.25, -0.2) is 13.0 Å². The summed E-state index contributed by atoms with van der Waals surface area (Å²) in [6.07, 6.45) is 0. The van der Waals surface area contributed by atoms with Gasteiger partial charge in [0.2, 0.25) is 10.0 Å². The van der Waals surface area contributed by atoms with E-state index in [1.165, 1.54) is 10.4 Å². The fraction of sp³-hybridized carbons (Fsp3) is 0.100. The van der Waals surface area contributed by atoms with Crippen molar-refractivity contribution in [3.05, 3.63) is 90.0 Å². The smallest absolute Gasteiger partial charge is 0.243 e. The van der Waals surface area contributed by atoms with E-state index in [9.17, 15) is 8.42 Å². The lowest BCUT2D eigenvalue weighted by Crippen LogP contribution is -2.30. The molecule has 0 fully saturated rings. The third-order valence-electron chi connectivity index (χ3n) is 4.27. The molecule has 0 N–H and O–H groups in total. The number of benzene rings is 3. The van der Waals surface area contributed by atoms with Gasteiger partial charge in [0, 0.05) is 13.1 Å². The van der Waals surface area contributed by atoms with E-state index < -0.39 is 10.0 Å². The zero-order chi connectivity index (χ0) is 18.7. The van der Waals surface area contributed by atoms with Gasteiger partial charge in [-0.1, -0.05) is 66.7 Å². The highest BCUT2D eigenvalue weighted by atomic mass is 32.2. The summed E-state index contributed by atoms with van der Waals surface area (Å²) in [4.78, 5) is 0.0908. The molecule has 7 heteroatoms. The molecule has 136 valence electrons. The maximum Gasteiger partial charge on any atom is 0.246 e. The first-order chi connectivity index (χ1) is 13.1. The summed E-state index contributed by atoms with van der Waals surface area (Å²) in [5.41, 5.74) is 2.46. The Bertz CT molecular complexity index is 1100. The van der Waals surface area contributed by atoms with Crippen LogP contribution in [0.4, 0.5) is 0 Å². The minimum atomic E-state index is -3.82. The van der Waals surface area contributed by atoms with Crippen molar-refractivity contribution in [3.63, 3.8) is 0 Å². The van der Waals surface area contributed by atoms with Gasteiger partial charge >= 0.3 is 0 Å². The molecule has 6 nitrogen and oxygen atoms in total. The van der Waals surface area contributed by atoms with Gasteiger partial charge in [-0.15, -0.1) is 0 Å². The molecule has 3 aromatic carbocycles. The van der Waals surface area contributed by atoms with Crippen LogP contribution in [0.25, 0.3) is 11.0 Å². The van der Waals surface area contributed by atoms with E-state index in [1.54, 1.807) is 12.1 Å². The van der Waals surface area contributed by atoms with E-state index in [4.69, 9.17) is 4.63 Å². The quantitative estimate of drug-likeness (QED) is 0.511. The Morgan fingerprint density at radius 1 is 0.741 bits per heavy atom. The van der Waals surface area contributed by atoms with Crippen molar-refractivity contribution in [1.29, 1.82) is 0 Å². The monoisotopic (exact) mass is 379 g/mol. The van der Waals surface area contributed by atoms with Gasteiger partial charge in [0.1, 0.15) is 10.4 Å². The number of fused-ring (bicyclic) bond motifs is 1. The van der Waals surface area contributed by atoms with Gasteiger partial charge in [-0.05, 0) is 33.6 Å². The molecule has 4 aromatic rings. The van der Waals surface area contributed by atoms with Crippen molar-refractivity contribution in [1.82, 2.24) is 14.6 Å². The normalized spacial score (nSPS) is 11.9. The molecular weight excluding hydrogens is 362 g/mol. The molecule has 0 radical (unpaired) electrons. The molecule has 0 aliphatic rings. The van der Waals surface area contributed by atoms with Crippen LogP contribution in [0.2, 0.25) is 0 Å². The topological polar surface area (TPSA) is 76.3 Å². The third kappa shape index (κ3) is 3.60. The predicted octanol–water partition coefficient (Wildman–Crippen LogP) is 3.61. The molecule has 0 atom stereocenters. The lowest BCUT2D eigenvalue weighted by atomic mass is 10.2. The third-order valence-corrected chi connectivity index (χ3v) is 6.09. The summed E-state index contributed by atoms with van der Waals surface area (Å²) in [6, 6.07) is 23.9. The van der Waals surface area contributed by atoms with E-state index in [-0.39, 0.29) is 23.5 Å². The van der Waals surface area contributed by atoms with Crippen LogP contribution in [0.15, 0.2) is 88.4 Å². The minimum Gasteiger partial charge on any atom is -0.243 e. The zero-order valence-electron chi connectivity index (χ0n) is 14.4. The number of rotatable bonds is 6. The summed E-state index contributed by atoms with van der Waals surface area (Å²) in [5.74, 6) is 0. The predicted molar refractivity (Wildman–Crippen MR) is 101 cm³/mol. The SMILES string of the molecule is O=S(=O)(c1cccc2nonc12)N(Cc1ccccc1)Cc1ccccc1. The minimum absolute atomic E-state index is 0.0908. The molecule has 0 saturated carbocycles. The van der Waals surface area contributed by atoms with Crippen LogP contribution < -0.4 is 0 Å². The van der Waals surface area contributed by atoms with E-state index in [2.05, 4.69) is 10.3 Å². The molecule has 27 heavy (non-hydrogen) atoms. The fourth-order valence-electron chi connectivity index (χ4n) is 2.93. The largest absolute Gasteiger partial charge is 0.246 e. The second-order valence-corrected chi connectivity index (χ2v) is 8.04. The van der Waals surface area contributed by atoms with Crippen molar-refractivity contribution < 1.29 is 13.0 Å². The molecule has 0 bridgehead atoms. The second kappa shape index (κ2) is 7.30. The van der Waals surface area contributed by atoms with Crippen LogP contribution in [0, 0.1) is 0 Å². The molecular formula is C20H17N3O3S. The Balaban J connectivity index is 1.77. The highest BCUT2D eigenvalue weighted by Gasteiger charge is 2.28. The molecule has 0 spiro atoms. The Kier molecular flexibility index (Phi) is 4.70. The van der Waals surface area contributed by atoms with Gasteiger partial charge in [0.25, 0.3) is 0 Å². The van der Waals surface area contributed by atoms with E-state index >= 15 is 0 Å². The van der Waals surface area contributed by atoms with Crippen LogP contribution in [0.5, 0.6) is 0 Å². The average molecular weight is 379 g/mol. The Morgan fingerprint density at radius 2 is 1.33 bits per heavy atom. The van der Waals surface area contributed by atoms with Gasteiger partial charge in [-0.3, -0.25) is 0 Å². The van der Waals surface area contributed by atoms with Crippen LogP contribution >= 0.6 is 0 Å². The van der Waals surface area contributed by atoms with Crippen LogP contribution in [-0.2, 0) is 23.1 Å². The summed E-state index contributed by atoms with van der Waals surface area (Å²) in [5, 5.41) is 7.54. The van der Waals surface area contributed by atoms with Crippen molar-refractivity contribution in [2.75, 3.05) is 0 Å². The molecule has 4 rings (SSSR count). The summed E-state index contributed by atoms with van der Waals surface area (Å²) in [7, 11) is -3.82. The van der Waals surface area contributed by atoms with Gasteiger partial charge in [0.15, 0.2) is 5.52 Å². The summed E-state index contributed by atoms with van der Waals surface area (Å²) >= 11 is 0. The molecule has 0 amide bonds. The molecule has 1 heterocycles. The summed E-state index contributed by atoms with van der Waals surface area (Å²) in [6.45, 7) is 0.499. The standard InChI is InChI=1S/C20H17N3O3S/c24-27(25,19-13-7-12-18-20(19)22-26-21-18)23(14-16-8-3-1-4-9-16)15-17-10-5-2-6-11-17/h1-13H,14-15H2. The number of nitrogens with zero attached hydrogens (tertiary/aromatic N) is 3.